The largest absolute Gasteiger partial charge is 0.309 e. The van der Waals surface area contributed by atoms with Crippen molar-refractivity contribution in [3.05, 3.63) is 223 Å². The predicted molar refractivity (Wildman–Crippen MR) is 255 cm³/mol. The molecule has 2 aliphatic rings. The highest BCUT2D eigenvalue weighted by molar-refractivity contribution is 6.18. The molecule has 0 fully saturated rings. The van der Waals surface area contributed by atoms with Crippen LogP contribution < -0.4 is 0 Å². The van der Waals surface area contributed by atoms with E-state index in [2.05, 4.69) is 224 Å². The van der Waals surface area contributed by atoms with Crippen molar-refractivity contribution in [1.29, 1.82) is 0 Å². The predicted octanol–water partition coefficient (Wildman–Crippen LogP) is 14.5. The van der Waals surface area contributed by atoms with Gasteiger partial charge in [-0.15, -0.1) is 0 Å². The summed E-state index contributed by atoms with van der Waals surface area (Å²) in [5.74, 6) is 0.389. The minimum absolute atomic E-state index is 0.155. The van der Waals surface area contributed by atoms with E-state index in [1.807, 2.05) is 6.21 Å². The minimum Gasteiger partial charge on any atom is -0.309 e. The number of nitrogens with zero attached hydrogens (tertiary/aromatic N) is 3. The number of hydrogen-bond donors (Lipinski definition) is 0. The third kappa shape index (κ3) is 7.27. The van der Waals surface area contributed by atoms with Gasteiger partial charge in [0.25, 0.3) is 0 Å². The van der Waals surface area contributed by atoms with E-state index in [0.29, 0.717) is 5.92 Å². The number of rotatable bonds is 10. The zero-order chi connectivity index (χ0) is 40.4. The highest BCUT2D eigenvalue weighted by Gasteiger charge is 2.27. The van der Waals surface area contributed by atoms with Gasteiger partial charge >= 0.3 is 0 Å². The Morgan fingerprint density at radius 2 is 1.25 bits per heavy atom. The van der Waals surface area contributed by atoms with Crippen molar-refractivity contribution in [1.82, 2.24) is 9.47 Å². The first kappa shape index (κ1) is 37.5. The van der Waals surface area contributed by atoms with Gasteiger partial charge in [-0.25, -0.2) is 0 Å². The van der Waals surface area contributed by atoms with Gasteiger partial charge in [-0.05, 0) is 107 Å². The zero-order valence-corrected chi connectivity index (χ0v) is 34.3. The quantitative estimate of drug-likeness (QED) is 0.127. The number of allylic oxidation sites excluding steroid dienone is 7. The molecule has 3 unspecified atom stereocenters. The van der Waals surface area contributed by atoms with Crippen molar-refractivity contribution in [2.24, 2.45) is 10.9 Å². The van der Waals surface area contributed by atoms with Gasteiger partial charge in [0.2, 0.25) is 0 Å². The normalized spacial score (nSPS) is 16.5. The molecular weight excluding hydrogens is 727 g/mol. The molecule has 0 amide bonds. The minimum atomic E-state index is -0.155. The van der Waals surface area contributed by atoms with Crippen LogP contribution in [0.5, 0.6) is 0 Å². The molecule has 0 bridgehead atoms. The Labute approximate surface area is 353 Å². The van der Waals surface area contributed by atoms with Gasteiger partial charge in [-0.2, -0.15) is 0 Å². The lowest BCUT2D eigenvalue weighted by Gasteiger charge is -2.35. The van der Waals surface area contributed by atoms with Gasteiger partial charge in [-0.1, -0.05) is 182 Å². The second-order valence-electron chi connectivity index (χ2n) is 16.3. The Kier molecular flexibility index (Phi) is 10.3. The van der Waals surface area contributed by atoms with Crippen molar-refractivity contribution < 1.29 is 0 Å². The van der Waals surface area contributed by atoms with Gasteiger partial charge in [0, 0.05) is 34.1 Å². The molecule has 0 saturated heterocycles. The van der Waals surface area contributed by atoms with E-state index >= 15 is 0 Å². The number of benzene rings is 7. The SMILES string of the molecule is CC(C1C=CC(C2=CCCC=C2)=CC1)N(C)C(N=Cc1ccc(-c2ccccc2)cc1)c1ccc(-c2ccc(-n3c4ccccc4c4ccc5ccccc5c43)cc2)cc1. The Morgan fingerprint density at radius 3 is 1.97 bits per heavy atom. The maximum atomic E-state index is 5.33. The number of aromatic nitrogens is 1. The summed E-state index contributed by atoms with van der Waals surface area (Å²) in [7, 11) is 2.23. The summed E-state index contributed by atoms with van der Waals surface area (Å²) in [6.45, 7) is 2.35. The van der Waals surface area contributed by atoms with E-state index in [-0.39, 0.29) is 12.2 Å². The standard InChI is InChI=1S/C57H49N3/c1-40(42-25-27-46(28-26-42)44-15-7-4-8-16-44)59(2)57(58-39-41-21-23-45(24-22-41)43-13-5-3-6-14-43)50-31-29-47(30-32-50)48-33-36-51(37-34-48)60-55-20-12-11-19-53(55)54-38-35-49-17-9-10-18-52(49)56(54)60/h3,5-7,9-25,27-40,42,57H,4,8,26H2,1-2H3. The van der Waals surface area contributed by atoms with E-state index in [9.17, 15) is 0 Å². The molecule has 2 aliphatic carbocycles. The molecule has 60 heavy (non-hydrogen) atoms. The topological polar surface area (TPSA) is 20.5 Å². The molecule has 3 nitrogen and oxygen atoms in total. The van der Waals surface area contributed by atoms with Crippen LogP contribution in [0.15, 0.2) is 216 Å². The highest BCUT2D eigenvalue weighted by atomic mass is 15.2. The fourth-order valence-electron chi connectivity index (χ4n) is 9.19. The molecule has 1 heterocycles. The summed E-state index contributed by atoms with van der Waals surface area (Å²) >= 11 is 0. The lowest BCUT2D eigenvalue weighted by atomic mass is 9.86. The van der Waals surface area contributed by atoms with Gasteiger partial charge in [0.1, 0.15) is 6.17 Å². The van der Waals surface area contributed by atoms with E-state index in [1.54, 1.807) is 0 Å². The molecular formula is C57H49N3. The fourth-order valence-corrected chi connectivity index (χ4v) is 9.19. The third-order valence-electron chi connectivity index (χ3n) is 12.7. The summed E-state index contributed by atoms with van der Waals surface area (Å²) < 4.78 is 2.43. The fraction of sp³-hybridized carbons (Fsp3) is 0.140. The highest BCUT2D eigenvalue weighted by Crippen LogP contribution is 2.38. The average molecular weight is 776 g/mol. The van der Waals surface area contributed by atoms with Gasteiger partial charge in [0.15, 0.2) is 0 Å². The molecule has 3 heteroatoms. The molecule has 0 N–H and O–H groups in total. The summed E-state index contributed by atoms with van der Waals surface area (Å²) in [6, 6.07) is 59.6. The van der Waals surface area contributed by atoms with Crippen LogP contribution in [0.4, 0.5) is 0 Å². The average Bonchev–Trinajstić information content (AvgIpc) is 3.67. The van der Waals surface area contributed by atoms with E-state index in [1.165, 1.54) is 71.5 Å². The summed E-state index contributed by atoms with van der Waals surface area (Å²) in [4.78, 5) is 7.77. The third-order valence-corrected chi connectivity index (χ3v) is 12.7. The van der Waals surface area contributed by atoms with Crippen molar-refractivity contribution >= 4 is 38.8 Å². The number of fused-ring (bicyclic) bond motifs is 5. The van der Waals surface area contributed by atoms with Crippen molar-refractivity contribution in [3.63, 3.8) is 0 Å². The first-order valence-corrected chi connectivity index (χ1v) is 21.4. The van der Waals surface area contributed by atoms with Crippen LogP contribution >= 0.6 is 0 Å². The van der Waals surface area contributed by atoms with Crippen LogP contribution in [0, 0.1) is 5.92 Å². The van der Waals surface area contributed by atoms with E-state index < -0.39 is 0 Å². The van der Waals surface area contributed by atoms with Crippen molar-refractivity contribution in [3.8, 4) is 27.9 Å². The lowest BCUT2D eigenvalue weighted by Crippen LogP contribution is -2.37. The van der Waals surface area contributed by atoms with Crippen LogP contribution in [-0.2, 0) is 0 Å². The molecule has 292 valence electrons. The van der Waals surface area contributed by atoms with Crippen LogP contribution in [0.3, 0.4) is 0 Å². The Hall–Kier alpha value is -6.81. The van der Waals surface area contributed by atoms with Gasteiger partial charge in [0.05, 0.1) is 11.0 Å². The van der Waals surface area contributed by atoms with Crippen LogP contribution in [-0.4, -0.2) is 28.8 Å². The lowest BCUT2D eigenvalue weighted by molar-refractivity contribution is 0.157. The van der Waals surface area contributed by atoms with Gasteiger partial charge < -0.3 is 4.57 Å². The second-order valence-corrected chi connectivity index (χ2v) is 16.3. The summed E-state index contributed by atoms with van der Waals surface area (Å²) in [6.07, 6.45) is 19.3. The van der Waals surface area contributed by atoms with Crippen LogP contribution in [0.25, 0.3) is 60.5 Å². The molecule has 7 aromatic carbocycles. The monoisotopic (exact) mass is 775 g/mol. The summed E-state index contributed by atoms with van der Waals surface area (Å²) in [5, 5.41) is 5.07. The molecule has 0 aliphatic heterocycles. The Bertz CT molecular complexity index is 2960. The number of para-hydroxylation sites is 1. The van der Waals surface area contributed by atoms with E-state index in [4.69, 9.17) is 4.99 Å². The number of aliphatic imine (C=N–C) groups is 1. The van der Waals surface area contributed by atoms with Crippen LogP contribution in [0.2, 0.25) is 0 Å². The van der Waals surface area contributed by atoms with Crippen molar-refractivity contribution in [2.75, 3.05) is 7.05 Å². The molecule has 0 saturated carbocycles. The summed E-state index contributed by atoms with van der Waals surface area (Å²) in [5.41, 5.74) is 13.4. The zero-order valence-electron chi connectivity index (χ0n) is 34.3. The second kappa shape index (κ2) is 16.4. The first-order chi connectivity index (χ1) is 29.6. The molecule has 10 rings (SSSR count). The maximum absolute atomic E-state index is 5.33. The molecule has 0 spiro atoms. The molecule has 1 aromatic heterocycles. The Balaban J connectivity index is 0.940. The molecule has 3 atom stereocenters. The molecule has 8 aromatic rings. The van der Waals surface area contributed by atoms with E-state index in [0.717, 1.165) is 30.5 Å². The maximum Gasteiger partial charge on any atom is 0.128 e. The first-order valence-electron chi connectivity index (χ1n) is 21.4. The van der Waals surface area contributed by atoms with Gasteiger partial charge in [-0.3, -0.25) is 9.89 Å². The Morgan fingerprint density at radius 1 is 0.600 bits per heavy atom. The van der Waals surface area contributed by atoms with Crippen molar-refractivity contribution in [2.45, 2.75) is 38.4 Å². The molecule has 0 radical (unpaired) electrons. The smallest absolute Gasteiger partial charge is 0.128 e. The van der Waals surface area contributed by atoms with Crippen LogP contribution in [0.1, 0.15) is 43.5 Å². The number of hydrogen-bond acceptors (Lipinski definition) is 2.